The van der Waals surface area contributed by atoms with Gasteiger partial charge in [-0.25, -0.2) is 8.42 Å². The fraction of sp³-hybridized carbons (Fsp3) is 0.174. The molecule has 6 nitrogen and oxygen atoms in total. The van der Waals surface area contributed by atoms with Crippen molar-refractivity contribution in [1.29, 1.82) is 0 Å². The summed E-state index contributed by atoms with van der Waals surface area (Å²) in [5, 5.41) is 3.17. The number of anilines is 2. The van der Waals surface area contributed by atoms with Gasteiger partial charge in [-0.1, -0.05) is 47.5 Å². The van der Waals surface area contributed by atoms with E-state index in [-0.39, 0.29) is 21.7 Å². The smallest absolute Gasteiger partial charge is 0.264 e. The zero-order valence-electron chi connectivity index (χ0n) is 17.5. The average molecular weight is 493 g/mol. The molecule has 0 saturated carbocycles. The van der Waals surface area contributed by atoms with Gasteiger partial charge in [0.1, 0.15) is 12.3 Å². The summed E-state index contributed by atoms with van der Waals surface area (Å²) in [7, 11) is -4.08. The first-order valence-corrected chi connectivity index (χ1v) is 12.0. The molecule has 9 heteroatoms. The first-order valence-electron chi connectivity index (χ1n) is 9.76. The number of carbonyl (C=O) groups excluding carboxylic acids is 1. The average Bonchev–Trinajstić information content (AvgIpc) is 2.73. The second-order valence-electron chi connectivity index (χ2n) is 7.16. The quantitative estimate of drug-likeness (QED) is 0.442. The molecule has 0 saturated heterocycles. The van der Waals surface area contributed by atoms with Crippen molar-refractivity contribution >= 4 is 50.5 Å². The Morgan fingerprint density at radius 3 is 2.38 bits per heavy atom. The van der Waals surface area contributed by atoms with Crippen molar-refractivity contribution in [3.63, 3.8) is 0 Å². The molecule has 0 radical (unpaired) electrons. The molecule has 0 atom stereocenters. The predicted octanol–water partition coefficient (Wildman–Crippen LogP) is 5.61. The van der Waals surface area contributed by atoms with Gasteiger partial charge in [-0.2, -0.15) is 0 Å². The van der Waals surface area contributed by atoms with E-state index >= 15 is 0 Å². The third kappa shape index (κ3) is 5.94. The first kappa shape index (κ1) is 23.9. The van der Waals surface area contributed by atoms with Crippen LogP contribution in [0.3, 0.4) is 0 Å². The van der Waals surface area contributed by atoms with Crippen molar-refractivity contribution in [2.45, 2.75) is 24.8 Å². The van der Waals surface area contributed by atoms with Gasteiger partial charge in [0, 0.05) is 16.8 Å². The molecular formula is C23H22Cl2N2O4S. The summed E-state index contributed by atoms with van der Waals surface area (Å²) in [5.41, 5.74) is 0.624. The maximum absolute atomic E-state index is 13.4. The van der Waals surface area contributed by atoms with E-state index in [0.717, 1.165) is 4.31 Å². The lowest BCUT2D eigenvalue weighted by atomic mass is 10.3. The van der Waals surface area contributed by atoms with Crippen LogP contribution >= 0.6 is 23.2 Å². The van der Waals surface area contributed by atoms with Crippen LogP contribution in [0.1, 0.15) is 13.8 Å². The van der Waals surface area contributed by atoms with Gasteiger partial charge in [-0.05, 0) is 56.3 Å². The SMILES string of the molecule is CC(C)Oc1cccc(NC(=O)CN(c2ccc(Cl)cc2Cl)S(=O)(=O)c2ccccc2)c1. The number of hydrogen-bond acceptors (Lipinski definition) is 4. The van der Waals surface area contributed by atoms with E-state index in [1.165, 1.54) is 30.3 Å². The minimum Gasteiger partial charge on any atom is -0.491 e. The van der Waals surface area contributed by atoms with Crippen molar-refractivity contribution in [3.8, 4) is 5.75 Å². The molecule has 0 spiro atoms. The Labute approximate surface area is 197 Å². The third-order valence-corrected chi connectivity index (χ3v) is 6.60. The maximum Gasteiger partial charge on any atom is 0.264 e. The predicted molar refractivity (Wildman–Crippen MR) is 128 cm³/mol. The number of sulfonamides is 1. The molecule has 0 fully saturated rings. The van der Waals surface area contributed by atoms with Crippen molar-refractivity contribution in [2.24, 2.45) is 0 Å². The number of benzene rings is 3. The lowest BCUT2D eigenvalue weighted by molar-refractivity contribution is -0.114. The number of hydrogen-bond donors (Lipinski definition) is 1. The Morgan fingerprint density at radius 2 is 1.72 bits per heavy atom. The van der Waals surface area contributed by atoms with Crippen LogP contribution in [0.2, 0.25) is 10.0 Å². The topological polar surface area (TPSA) is 75.7 Å². The highest BCUT2D eigenvalue weighted by Crippen LogP contribution is 2.32. The lowest BCUT2D eigenvalue weighted by Gasteiger charge is -2.25. The van der Waals surface area contributed by atoms with Crippen LogP contribution in [0, 0.1) is 0 Å². The molecule has 0 aliphatic rings. The Morgan fingerprint density at radius 1 is 1.00 bits per heavy atom. The largest absolute Gasteiger partial charge is 0.491 e. The van der Waals surface area contributed by atoms with E-state index in [0.29, 0.717) is 16.5 Å². The van der Waals surface area contributed by atoms with Crippen LogP contribution in [-0.2, 0) is 14.8 Å². The highest BCUT2D eigenvalue weighted by Gasteiger charge is 2.28. The van der Waals surface area contributed by atoms with Gasteiger partial charge in [0.15, 0.2) is 0 Å². The molecule has 168 valence electrons. The Balaban J connectivity index is 1.92. The number of halogens is 2. The molecule has 0 aromatic heterocycles. The van der Waals surface area contributed by atoms with E-state index in [4.69, 9.17) is 27.9 Å². The monoisotopic (exact) mass is 492 g/mol. The second kappa shape index (κ2) is 10.3. The Hall–Kier alpha value is -2.74. The molecule has 1 N–H and O–H groups in total. The fourth-order valence-corrected chi connectivity index (χ4v) is 4.97. The molecule has 0 aliphatic heterocycles. The lowest BCUT2D eigenvalue weighted by Crippen LogP contribution is -2.38. The van der Waals surface area contributed by atoms with Crippen molar-refractivity contribution in [2.75, 3.05) is 16.2 Å². The number of nitrogens with one attached hydrogen (secondary N) is 1. The van der Waals surface area contributed by atoms with E-state index in [9.17, 15) is 13.2 Å². The normalized spacial score (nSPS) is 11.3. The third-order valence-electron chi connectivity index (χ3n) is 4.29. The summed E-state index contributed by atoms with van der Waals surface area (Å²) in [6, 6.07) is 19.1. The van der Waals surface area contributed by atoms with Crippen LogP contribution in [0.4, 0.5) is 11.4 Å². The van der Waals surface area contributed by atoms with Crippen molar-refractivity contribution in [1.82, 2.24) is 0 Å². The molecule has 3 aromatic carbocycles. The number of nitrogens with zero attached hydrogens (tertiary/aromatic N) is 1. The molecule has 32 heavy (non-hydrogen) atoms. The molecule has 0 unspecified atom stereocenters. The molecule has 0 aliphatic carbocycles. The van der Waals surface area contributed by atoms with Crippen LogP contribution in [0.25, 0.3) is 0 Å². The molecule has 3 rings (SSSR count). The molecular weight excluding hydrogens is 471 g/mol. The van der Waals surface area contributed by atoms with E-state index < -0.39 is 22.5 Å². The molecule has 1 amide bonds. The van der Waals surface area contributed by atoms with E-state index in [1.807, 2.05) is 13.8 Å². The summed E-state index contributed by atoms with van der Waals surface area (Å²) in [6.45, 7) is 3.30. The molecule has 0 bridgehead atoms. The summed E-state index contributed by atoms with van der Waals surface area (Å²) < 4.78 is 33.3. The van der Waals surface area contributed by atoms with Gasteiger partial charge < -0.3 is 10.1 Å². The first-order chi connectivity index (χ1) is 15.2. The van der Waals surface area contributed by atoms with Gasteiger partial charge in [0.25, 0.3) is 10.0 Å². The Kier molecular flexibility index (Phi) is 7.66. The summed E-state index contributed by atoms with van der Waals surface area (Å²) >= 11 is 12.3. The van der Waals surface area contributed by atoms with Gasteiger partial charge in [0.05, 0.1) is 21.7 Å². The van der Waals surface area contributed by atoms with E-state index in [2.05, 4.69) is 5.32 Å². The molecule has 0 heterocycles. The summed E-state index contributed by atoms with van der Waals surface area (Å²) in [4.78, 5) is 12.9. The Bertz CT molecular complexity index is 1200. The summed E-state index contributed by atoms with van der Waals surface area (Å²) in [6.07, 6.45) is -0.0282. The highest BCUT2D eigenvalue weighted by molar-refractivity contribution is 7.92. The molecule has 3 aromatic rings. The summed E-state index contributed by atoms with van der Waals surface area (Å²) in [5.74, 6) is 0.0459. The van der Waals surface area contributed by atoms with Crippen molar-refractivity contribution in [3.05, 3.63) is 82.8 Å². The van der Waals surface area contributed by atoms with Crippen LogP contribution < -0.4 is 14.4 Å². The standard InChI is InChI=1S/C23H22Cl2N2O4S/c1-16(2)31-19-8-6-7-18(14-19)26-23(28)15-27(22-12-11-17(24)13-21(22)25)32(29,30)20-9-4-3-5-10-20/h3-14,16H,15H2,1-2H3,(H,26,28). The van der Waals surface area contributed by atoms with Crippen LogP contribution in [-0.4, -0.2) is 27.0 Å². The number of carbonyl (C=O) groups is 1. The minimum absolute atomic E-state index is 0.0282. The van der Waals surface area contributed by atoms with Gasteiger partial charge in [0.2, 0.25) is 5.91 Å². The number of amides is 1. The van der Waals surface area contributed by atoms with Crippen LogP contribution in [0.5, 0.6) is 5.75 Å². The van der Waals surface area contributed by atoms with Gasteiger partial charge in [-0.15, -0.1) is 0 Å². The maximum atomic E-state index is 13.4. The zero-order valence-corrected chi connectivity index (χ0v) is 19.8. The van der Waals surface area contributed by atoms with Crippen molar-refractivity contribution < 1.29 is 17.9 Å². The zero-order chi connectivity index (χ0) is 23.3. The highest BCUT2D eigenvalue weighted by atomic mass is 35.5. The van der Waals surface area contributed by atoms with E-state index in [1.54, 1.807) is 42.5 Å². The second-order valence-corrected chi connectivity index (χ2v) is 9.87. The number of ether oxygens (including phenoxy) is 1. The van der Waals surface area contributed by atoms with Crippen LogP contribution in [0.15, 0.2) is 77.7 Å². The minimum atomic E-state index is -4.08. The van der Waals surface area contributed by atoms with Gasteiger partial charge >= 0.3 is 0 Å². The number of rotatable bonds is 8. The van der Waals surface area contributed by atoms with Gasteiger partial charge in [-0.3, -0.25) is 9.10 Å². The fourth-order valence-electron chi connectivity index (χ4n) is 2.95.